The maximum absolute atomic E-state index is 11.9. The number of hydrazine groups is 1. The minimum Gasteiger partial charge on any atom is -0.494 e. The number of amides is 1. The summed E-state index contributed by atoms with van der Waals surface area (Å²) in [5.41, 5.74) is 6.03. The lowest BCUT2D eigenvalue weighted by atomic mass is 10.3. The fraction of sp³-hybridized carbons (Fsp3) is 0.375. The normalized spacial score (nSPS) is 11.1. The van der Waals surface area contributed by atoms with Gasteiger partial charge in [-0.05, 0) is 57.3 Å². The average Bonchev–Trinajstić information content (AvgIpc) is 2.52. The van der Waals surface area contributed by atoms with Gasteiger partial charge in [-0.15, -0.1) is 0 Å². The molecule has 1 rings (SSSR count). The third kappa shape index (κ3) is 7.51. The number of ether oxygens (including phenoxy) is 2. The zero-order valence-corrected chi connectivity index (χ0v) is 14.5. The Labute approximate surface area is 142 Å². The largest absolute Gasteiger partial charge is 0.494 e. The molecule has 6 nitrogen and oxygen atoms in total. The van der Waals surface area contributed by atoms with Gasteiger partial charge in [0.1, 0.15) is 11.5 Å². The molecule has 0 spiro atoms. The molecule has 0 saturated carbocycles. The van der Waals surface area contributed by atoms with Gasteiger partial charge in [0.05, 0.1) is 6.61 Å². The quantitative estimate of drug-likeness (QED) is 0.401. The zero-order chi connectivity index (χ0) is 17.2. The number of hydrogen-bond acceptors (Lipinski definition) is 4. The van der Waals surface area contributed by atoms with Crippen molar-refractivity contribution < 1.29 is 14.3 Å². The van der Waals surface area contributed by atoms with E-state index in [1.54, 1.807) is 31.2 Å². The summed E-state index contributed by atoms with van der Waals surface area (Å²) in [5.74, 6) is 1.00. The van der Waals surface area contributed by atoms with E-state index in [0.29, 0.717) is 24.0 Å². The van der Waals surface area contributed by atoms with Crippen LogP contribution in [-0.4, -0.2) is 30.3 Å². The number of thiocarbonyl (C=S) groups is 1. The Morgan fingerprint density at radius 1 is 1.26 bits per heavy atom. The monoisotopic (exact) mass is 337 g/mol. The van der Waals surface area contributed by atoms with Crippen LogP contribution in [0.3, 0.4) is 0 Å². The van der Waals surface area contributed by atoms with Crippen LogP contribution in [0.15, 0.2) is 36.4 Å². The molecule has 0 aliphatic rings. The Morgan fingerprint density at radius 3 is 2.43 bits per heavy atom. The smallest absolute Gasteiger partial charge is 0.279 e. The summed E-state index contributed by atoms with van der Waals surface area (Å²) in [5, 5.41) is 3.21. The summed E-state index contributed by atoms with van der Waals surface area (Å²) in [4.78, 5) is 11.9. The lowest BCUT2D eigenvalue weighted by Crippen LogP contribution is -2.50. The number of hydrogen-bond donors (Lipinski definition) is 3. The molecule has 0 unspecified atom stereocenters. The van der Waals surface area contributed by atoms with E-state index in [1.165, 1.54) is 0 Å². The minimum absolute atomic E-state index is 0.314. The highest BCUT2D eigenvalue weighted by molar-refractivity contribution is 7.80. The lowest BCUT2D eigenvalue weighted by molar-refractivity contribution is -0.127. The lowest BCUT2D eigenvalue weighted by Gasteiger charge is -2.16. The Morgan fingerprint density at radius 2 is 1.87 bits per heavy atom. The van der Waals surface area contributed by atoms with Crippen molar-refractivity contribution in [2.75, 3.05) is 13.2 Å². The van der Waals surface area contributed by atoms with Crippen LogP contribution in [0.5, 0.6) is 11.5 Å². The van der Waals surface area contributed by atoms with Crippen LogP contribution in [0.4, 0.5) is 0 Å². The summed E-state index contributed by atoms with van der Waals surface area (Å²) in [6.07, 6.45) is -0.676. The zero-order valence-electron chi connectivity index (χ0n) is 13.6. The first-order valence-corrected chi connectivity index (χ1v) is 7.70. The van der Waals surface area contributed by atoms with E-state index in [1.807, 2.05) is 13.8 Å². The molecule has 1 aromatic rings. The molecule has 0 bridgehead atoms. The van der Waals surface area contributed by atoms with Gasteiger partial charge in [0, 0.05) is 6.54 Å². The Kier molecular flexibility index (Phi) is 7.90. The van der Waals surface area contributed by atoms with E-state index >= 15 is 0 Å². The molecule has 0 heterocycles. The average molecular weight is 337 g/mol. The SMILES string of the molecule is C=C(C)CNC(=S)NNC(=O)[C@@H](C)Oc1ccc(OCC)cc1. The van der Waals surface area contributed by atoms with Crippen LogP contribution in [0.1, 0.15) is 20.8 Å². The molecule has 7 heteroatoms. The molecule has 0 fully saturated rings. The van der Waals surface area contributed by atoms with Crippen LogP contribution in [0.25, 0.3) is 0 Å². The summed E-state index contributed by atoms with van der Waals surface area (Å²) in [6, 6.07) is 7.08. The fourth-order valence-corrected chi connectivity index (χ4v) is 1.66. The summed E-state index contributed by atoms with van der Waals surface area (Å²) < 4.78 is 10.9. The number of carbonyl (C=O) groups is 1. The summed E-state index contributed by atoms with van der Waals surface area (Å²) in [7, 11) is 0. The van der Waals surface area contributed by atoms with Crippen molar-refractivity contribution in [2.24, 2.45) is 0 Å². The van der Waals surface area contributed by atoms with Gasteiger partial charge in [0.2, 0.25) is 0 Å². The minimum atomic E-state index is -0.676. The van der Waals surface area contributed by atoms with Gasteiger partial charge >= 0.3 is 0 Å². The van der Waals surface area contributed by atoms with Gasteiger partial charge in [0.15, 0.2) is 11.2 Å². The van der Waals surface area contributed by atoms with Gasteiger partial charge in [-0.25, -0.2) is 0 Å². The van der Waals surface area contributed by atoms with E-state index in [4.69, 9.17) is 21.7 Å². The molecule has 0 aliphatic carbocycles. The fourth-order valence-electron chi connectivity index (χ4n) is 1.53. The number of benzene rings is 1. The molecule has 1 aromatic carbocycles. The van der Waals surface area contributed by atoms with Crippen LogP contribution in [0, 0.1) is 0 Å². The predicted molar refractivity (Wildman–Crippen MR) is 94.4 cm³/mol. The van der Waals surface area contributed by atoms with Crippen LogP contribution in [-0.2, 0) is 4.79 Å². The second kappa shape index (κ2) is 9.68. The molecular weight excluding hydrogens is 314 g/mol. The van der Waals surface area contributed by atoms with Gasteiger partial charge < -0.3 is 14.8 Å². The molecule has 126 valence electrons. The van der Waals surface area contributed by atoms with E-state index in [2.05, 4.69) is 22.7 Å². The van der Waals surface area contributed by atoms with E-state index in [9.17, 15) is 4.79 Å². The number of rotatable bonds is 7. The van der Waals surface area contributed by atoms with Gasteiger partial charge in [-0.3, -0.25) is 15.6 Å². The molecular formula is C16H23N3O3S. The molecule has 0 aromatic heterocycles. The third-order valence-electron chi connectivity index (χ3n) is 2.67. The van der Waals surface area contributed by atoms with Crippen LogP contribution < -0.4 is 25.6 Å². The van der Waals surface area contributed by atoms with E-state index < -0.39 is 6.10 Å². The Hall–Kier alpha value is -2.28. The maximum Gasteiger partial charge on any atom is 0.279 e. The van der Waals surface area contributed by atoms with Crippen molar-refractivity contribution >= 4 is 23.2 Å². The Bertz CT molecular complexity index is 546. The van der Waals surface area contributed by atoms with Crippen LogP contribution >= 0.6 is 12.2 Å². The number of carbonyl (C=O) groups excluding carboxylic acids is 1. The molecule has 3 N–H and O–H groups in total. The maximum atomic E-state index is 11.9. The van der Waals surface area contributed by atoms with E-state index in [0.717, 1.165) is 11.3 Å². The molecule has 0 saturated heterocycles. The van der Waals surface area contributed by atoms with Crippen molar-refractivity contribution in [3.05, 3.63) is 36.4 Å². The topological polar surface area (TPSA) is 71.6 Å². The highest BCUT2D eigenvalue weighted by Crippen LogP contribution is 2.18. The molecule has 23 heavy (non-hydrogen) atoms. The number of nitrogens with one attached hydrogen (secondary N) is 3. The first kappa shape index (κ1) is 18.8. The first-order chi connectivity index (χ1) is 10.9. The molecule has 1 atom stereocenters. The van der Waals surface area contributed by atoms with Crippen LogP contribution in [0.2, 0.25) is 0 Å². The van der Waals surface area contributed by atoms with Gasteiger partial charge in [0.25, 0.3) is 5.91 Å². The molecule has 1 amide bonds. The Balaban J connectivity index is 2.38. The van der Waals surface area contributed by atoms with Crippen molar-refractivity contribution in [3.63, 3.8) is 0 Å². The highest BCUT2D eigenvalue weighted by Gasteiger charge is 2.14. The first-order valence-electron chi connectivity index (χ1n) is 7.30. The second-order valence-corrected chi connectivity index (χ2v) is 5.33. The standard InChI is InChI=1S/C16H23N3O3S/c1-5-21-13-6-8-14(9-7-13)22-12(4)15(20)18-19-16(23)17-10-11(2)3/h6-9,12H,2,5,10H2,1,3-4H3,(H,18,20)(H2,17,19,23)/t12-/m1/s1. The predicted octanol–water partition coefficient (Wildman–Crippen LogP) is 1.92. The third-order valence-corrected chi connectivity index (χ3v) is 2.91. The van der Waals surface area contributed by atoms with Crippen molar-refractivity contribution in [1.82, 2.24) is 16.2 Å². The second-order valence-electron chi connectivity index (χ2n) is 4.92. The molecule has 0 aliphatic heterocycles. The summed E-state index contributed by atoms with van der Waals surface area (Å²) >= 11 is 5.01. The van der Waals surface area contributed by atoms with E-state index in [-0.39, 0.29) is 5.91 Å². The summed E-state index contributed by atoms with van der Waals surface area (Å²) in [6.45, 7) is 10.3. The molecule has 0 radical (unpaired) electrons. The van der Waals surface area contributed by atoms with Crippen molar-refractivity contribution in [2.45, 2.75) is 26.9 Å². The van der Waals surface area contributed by atoms with Crippen molar-refractivity contribution in [3.8, 4) is 11.5 Å². The van der Waals surface area contributed by atoms with Crippen molar-refractivity contribution in [1.29, 1.82) is 0 Å². The van der Waals surface area contributed by atoms with Gasteiger partial charge in [-0.2, -0.15) is 0 Å². The highest BCUT2D eigenvalue weighted by atomic mass is 32.1. The van der Waals surface area contributed by atoms with Gasteiger partial charge in [-0.1, -0.05) is 12.2 Å².